The van der Waals surface area contributed by atoms with Gasteiger partial charge >= 0.3 is 17.9 Å². The smallest absolute Gasteiger partial charge is 0.322 e. The molecule has 4 N–H and O–H groups in total. The van der Waals surface area contributed by atoms with Gasteiger partial charge in [0.05, 0.1) is 19.6 Å². The van der Waals surface area contributed by atoms with Crippen LogP contribution < -0.4 is 5.32 Å². The van der Waals surface area contributed by atoms with E-state index in [9.17, 15) is 19.2 Å². The molecule has 11 nitrogen and oxygen atoms in total. The molecule has 0 aliphatic rings. The standard InChI is InChI=1S/C14H26N4O7/c1-16(8-11(19)15-7-12(20)21)3-5-18(10-14(24)25)6-4-17(2)9-13(22)23/h3-10H2,1-2H3,(H,15,19)(H,20,21)(H,22,23)(H,24,25). The molecule has 0 rings (SSSR count). The van der Waals surface area contributed by atoms with Gasteiger partial charge in [-0.25, -0.2) is 0 Å². The molecule has 0 unspecified atom stereocenters. The summed E-state index contributed by atoms with van der Waals surface area (Å²) in [6, 6.07) is 0. The van der Waals surface area contributed by atoms with Crippen LogP contribution in [0.15, 0.2) is 0 Å². The van der Waals surface area contributed by atoms with Crippen LogP contribution in [0.25, 0.3) is 0 Å². The van der Waals surface area contributed by atoms with E-state index >= 15 is 0 Å². The van der Waals surface area contributed by atoms with E-state index in [1.165, 1.54) is 0 Å². The Kier molecular flexibility index (Phi) is 11.1. The van der Waals surface area contributed by atoms with Crippen molar-refractivity contribution in [3.8, 4) is 0 Å². The van der Waals surface area contributed by atoms with Crippen LogP contribution in [0.1, 0.15) is 0 Å². The fourth-order valence-electron chi connectivity index (χ4n) is 1.95. The molecule has 0 aliphatic carbocycles. The summed E-state index contributed by atoms with van der Waals surface area (Å²) in [6.07, 6.45) is 0. The maximum Gasteiger partial charge on any atom is 0.322 e. The zero-order chi connectivity index (χ0) is 19.4. The van der Waals surface area contributed by atoms with Crippen LogP contribution in [0.5, 0.6) is 0 Å². The SMILES string of the molecule is CN(CCN(CCN(C)CC(=O)NCC(=O)O)CC(=O)O)CC(=O)O. The molecule has 0 saturated heterocycles. The normalized spacial score (nSPS) is 11.1. The number of carbonyl (C=O) groups excluding carboxylic acids is 1. The highest BCUT2D eigenvalue weighted by atomic mass is 16.4. The predicted molar refractivity (Wildman–Crippen MR) is 87.4 cm³/mol. The molecule has 1 amide bonds. The Morgan fingerprint density at radius 2 is 1.20 bits per heavy atom. The van der Waals surface area contributed by atoms with Crippen LogP contribution in [-0.2, 0) is 19.2 Å². The Morgan fingerprint density at radius 3 is 1.64 bits per heavy atom. The van der Waals surface area contributed by atoms with Crippen molar-refractivity contribution in [1.29, 1.82) is 0 Å². The molecule has 0 aromatic carbocycles. The highest BCUT2D eigenvalue weighted by Gasteiger charge is 2.14. The van der Waals surface area contributed by atoms with Crippen LogP contribution in [0.2, 0.25) is 0 Å². The highest BCUT2D eigenvalue weighted by molar-refractivity contribution is 5.82. The molecule has 0 spiro atoms. The maximum atomic E-state index is 11.5. The molecule has 0 atom stereocenters. The Labute approximate surface area is 145 Å². The summed E-state index contributed by atoms with van der Waals surface area (Å²) < 4.78 is 0. The number of hydrogen-bond acceptors (Lipinski definition) is 7. The van der Waals surface area contributed by atoms with Crippen molar-refractivity contribution in [3.63, 3.8) is 0 Å². The van der Waals surface area contributed by atoms with E-state index in [-0.39, 0.29) is 19.6 Å². The second kappa shape index (κ2) is 12.2. The van der Waals surface area contributed by atoms with E-state index in [0.717, 1.165) is 0 Å². The summed E-state index contributed by atoms with van der Waals surface area (Å²) in [5.74, 6) is -3.52. The van der Waals surface area contributed by atoms with Gasteiger partial charge in [0.2, 0.25) is 5.91 Å². The van der Waals surface area contributed by atoms with Gasteiger partial charge in [0.25, 0.3) is 0 Å². The molecule has 144 valence electrons. The molecular formula is C14H26N4O7. The van der Waals surface area contributed by atoms with Gasteiger partial charge in [-0.3, -0.25) is 33.9 Å². The number of hydrogen-bond donors (Lipinski definition) is 4. The number of nitrogens with zero attached hydrogens (tertiary/aromatic N) is 3. The molecule has 25 heavy (non-hydrogen) atoms. The van der Waals surface area contributed by atoms with E-state index in [1.807, 2.05) is 0 Å². The first kappa shape index (κ1) is 22.8. The molecule has 11 heteroatoms. The quantitative estimate of drug-likeness (QED) is 0.261. The van der Waals surface area contributed by atoms with Gasteiger partial charge in [-0.1, -0.05) is 0 Å². The van der Waals surface area contributed by atoms with Crippen molar-refractivity contribution in [2.24, 2.45) is 0 Å². The van der Waals surface area contributed by atoms with E-state index in [0.29, 0.717) is 26.2 Å². The van der Waals surface area contributed by atoms with Crippen molar-refractivity contribution in [2.45, 2.75) is 0 Å². The van der Waals surface area contributed by atoms with Gasteiger partial charge < -0.3 is 20.6 Å². The summed E-state index contributed by atoms with van der Waals surface area (Å²) in [7, 11) is 3.29. The van der Waals surface area contributed by atoms with Crippen LogP contribution in [-0.4, -0.2) is 120 Å². The fraction of sp³-hybridized carbons (Fsp3) is 0.714. The first-order chi connectivity index (χ1) is 11.6. The van der Waals surface area contributed by atoms with E-state index in [1.54, 1.807) is 28.8 Å². The lowest BCUT2D eigenvalue weighted by Crippen LogP contribution is -2.43. The number of carbonyl (C=O) groups is 4. The second-order valence-corrected chi connectivity index (χ2v) is 5.71. The van der Waals surface area contributed by atoms with Crippen molar-refractivity contribution < 1.29 is 34.5 Å². The number of likely N-dealkylation sites (N-methyl/N-ethyl adjacent to an activating group) is 2. The maximum absolute atomic E-state index is 11.5. The topological polar surface area (TPSA) is 151 Å². The van der Waals surface area contributed by atoms with E-state index in [2.05, 4.69) is 5.32 Å². The number of carboxylic acid groups (broad SMARTS) is 3. The third-order valence-electron chi connectivity index (χ3n) is 3.21. The van der Waals surface area contributed by atoms with Crippen molar-refractivity contribution >= 4 is 23.8 Å². The lowest BCUT2D eigenvalue weighted by molar-refractivity contribution is -0.140. The summed E-state index contributed by atoms with van der Waals surface area (Å²) in [5, 5.41) is 28.4. The van der Waals surface area contributed by atoms with Crippen LogP contribution in [0, 0.1) is 0 Å². The third kappa shape index (κ3) is 13.9. The lowest BCUT2D eigenvalue weighted by atomic mass is 10.4. The predicted octanol–water partition coefficient (Wildman–Crippen LogP) is -2.48. The fourth-order valence-corrected chi connectivity index (χ4v) is 1.95. The second-order valence-electron chi connectivity index (χ2n) is 5.71. The minimum atomic E-state index is -1.13. The first-order valence-electron chi connectivity index (χ1n) is 7.61. The first-order valence-corrected chi connectivity index (χ1v) is 7.61. The van der Waals surface area contributed by atoms with E-state index < -0.39 is 30.4 Å². The third-order valence-corrected chi connectivity index (χ3v) is 3.21. The van der Waals surface area contributed by atoms with Gasteiger partial charge in [-0.05, 0) is 14.1 Å². The summed E-state index contributed by atoms with van der Waals surface area (Å²) in [5.41, 5.74) is 0. The van der Waals surface area contributed by atoms with Crippen molar-refractivity contribution in [3.05, 3.63) is 0 Å². The summed E-state index contributed by atoms with van der Waals surface area (Å²) in [4.78, 5) is 48.3. The van der Waals surface area contributed by atoms with Gasteiger partial charge in [-0.15, -0.1) is 0 Å². The molecule has 0 heterocycles. The zero-order valence-electron chi connectivity index (χ0n) is 14.5. The molecule has 0 aromatic heterocycles. The van der Waals surface area contributed by atoms with Crippen molar-refractivity contribution in [1.82, 2.24) is 20.0 Å². The minimum Gasteiger partial charge on any atom is -0.480 e. The summed E-state index contributed by atoms with van der Waals surface area (Å²) in [6.45, 7) is 0.745. The Hall–Kier alpha value is -2.24. The Balaban J connectivity index is 4.28. The number of nitrogens with one attached hydrogen (secondary N) is 1. The van der Waals surface area contributed by atoms with Crippen LogP contribution in [0.3, 0.4) is 0 Å². The lowest BCUT2D eigenvalue weighted by Gasteiger charge is -2.25. The number of aliphatic carboxylic acids is 3. The number of amides is 1. The average molecular weight is 362 g/mol. The van der Waals surface area contributed by atoms with Crippen molar-refractivity contribution in [2.75, 3.05) is 66.5 Å². The monoisotopic (exact) mass is 362 g/mol. The van der Waals surface area contributed by atoms with Gasteiger partial charge in [0, 0.05) is 26.2 Å². The number of rotatable bonds is 14. The average Bonchev–Trinajstić information content (AvgIpc) is 2.46. The molecule has 0 saturated carbocycles. The van der Waals surface area contributed by atoms with Crippen LogP contribution in [0.4, 0.5) is 0 Å². The molecule has 0 radical (unpaired) electrons. The molecule has 0 bridgehead atoms. The summed E-state index contributed by atoms with van der Waals surface area (Å²) >= 11 is 0. The largest absolute Gasteiger partial charge is 0.480 e. The molecule has 0 aliphatic heterocycles. The van der Waals surface area contributed by atoms with E-state index in [4.69, 9.17) is 15.3 Å². The number of carboxylic acids is 3. The molecule has 0 fully saturated rings. The zero-order valence-corrected chi connectivity index (χ0v) is 14.5. The molecular weight excluding hydrogens is 336 g/mol. The van der Waals surface area contributed by atoms with Gasteiger partial charge in [0.1, 0.15) is 6.54 Å². The van der Waals surface area contributed by atoms with Gasteiger partial charge in [-0.2, -0.15) is 0 Å². The minimum absolute atomic E-state index is 0.00684. The highest BCUT2D eigenvalue weighted by Crippen LogP contribution is 1.93. The Morgan fingerprint density at radius 1 is 0.720 bits per heavy atom. The van der Waals surface area contributed by atoms with Crippen LogP contribution >= 0.6 is 0 Å². The van der Waals surface area contributed by atoms with Gasteiger partial charge in [0.15, 0.2) is 0 Å². The molecule has 0 aromatic rings. The Bertz CT molecular complexity index is 472.